The summed E-state index contributed by atoms with van der Waals surface area (Å²) in [6.45, 7) is 0.906. The third kappa shape index (κ3) is 6.88. The van der Waals surface area contributed by atoms with Gasteiger partial charge in [-0.25, -0.2) is 10.4 Å². The first-order valence-electron chi connectivity index (χ1n) is 15.1. The number of amides is 1. The number of rotatable bonds is 12. The molecular weight excluding hydrogens is 710 g/mol. The molecule has 1 aliphatic heterocycles. The smallest absolute Gasteiger partial charge is 0.266 e. The summed E-state index contributed by atoms with van der Waals surface area (Å²) in [5.74, 6) is 0.718. The molecule has 0 saturated carbocycles. The summed E-state index contributed by atoms with van der Waals surface area (Å²) in [5, 5.41) is 11.3. The average molecular weight is 743 g/mol. The van der Waals surface area contributed by atoms with E-state index >= 15 is 0 Å². The molecule has 2 atom stereocenters. The molecule has 0 bridgehead atoms. The van der Waals surface area contributed by atoms with Crippen LogP contribution in [0.25, 0.3) is 10.8 Å². The maximum absolute atomic E-state index is 14.6. The minimum atomic E-state index is -1.37. The highest BCUT2D eigenvalue weighted by Gasteiger charge is 2.54. The second-order valence-electron chi connectivity index (χ2n) is 11.0. The number of nitrogens with zero attached hydrogens (tertiary/aromatic N) is 1. The zero-order chi connectivity index (χ0) is 31.9. The van der Waals surface area contributed by atoms with Crippen LogP contribution in [-0.4, -0.2) is 35.7 Å². The number of aliphatic imine (C=N–C) groups is 1. The fourth-order valence-corrected chi connectivity index (χ4v) is 6.57. The van der Waals surface area contributed by atoms with Crippen molar-refractivity contribution in [1.82, 2.24) is 10.9 Å². The Hall–Kier alpha value is -4.02. The van der Waals surface area contributed by atoms with E-state index in [4.69, 9.17) is 19.6 Å². The van der Waals surface area contributed by atoms with E-state index in [1.54, 1.807) is 0 Å². The van der Waals surface area contributed by atoms with Crippen molar-refractivity contribution in [2.75, 3.05) is 13.2 Å². The number of carbonyl (C=O) groups is 1. The molecule has 0 aromatic heterocycles. The minimum Gasteiger partial charge on any atom is -0.494 e. The van der Waals surface area contributed by atoms with Crippen molar-refractivity contribution < 1.29 is 19.4 Å². The topological polar surface area (TPSA) is 92.2 Å². The molecule has 0 unspecified atom stereocenters. The number of aliphatic hydroxyl groups excluding tert-OH is 1. The Bertz CT molecular complexity index is 1860. The van der Waals surface area contributed by atoms with Crippen LogP contribution < -0.4 is 15.6 Å². The van der Waals surface area contributed by atoms with Crippen molar-refractivity contribution in [1.29, 1.82) is 0 Å². The quantitative estimate of drug-likeness (QED) is 0.0913. The van der Waals surface area contributed by atoms with Gasteiger partial charge >= 0.3 is 0 Å². The lowest BCUT2D eigenvalue weighted by atomic mass is 9.82. The third-order valence-corrected chi connectivity index (χ3v) is 9.49. The first-order valence-corrected chi connectivity index (χ1v) is 16.7. The lowest BCUT2D eigenvalue weighted by molar-refractivity contribution is -0.130. The highest BCUT2D eigenvalue weighted by molar-refractivity contribution is 9.10. The molecule has 7 nitrogen and oxygen atoms in total. The molecule has 0 aliphatic carbocycles. The number of halogens is 2. The molecule has 1 aliphatic rings. The van der Waals surface area contributed by atoms with Gasteiger partial charge in [-0.2, -0.15) is 0 Å². The molecule has 6 rings (SSSR count). The fraction of sp³-hybridized carbons (Fsp3) is 0.189. The third-order valence-electron chi connectivity index (χ3n) is 8.00. The van der Waals surface area contributed by atoms with Gasteiger partial charge in [-0.05, 0) is 58.3 Å². The fourth-order valence-electron chi connectivity index (χ4n) is 5.65. The number of aliphatic hydroxyl groups is 1. The van der Waals surface area contributed by atoms with Crippen molar-refractivity contribution in [3.63, 3.8) is 0 Å². The van der Waals surface area contributed by atoms with E-state index < -0.39 is 11.6 Å². The summed E-state index contributed by atoms with van der Waals surface area (Å²) in [6, 6.07) is 37.4. The summed E-state index contributed by atoms with van der Waals surface area (Å²) in [5.41, 5.74) is 8.33. The van der Waals surface area contributed by atoms with Crippen LogP contribution in [0.1, 0.15) is 34.8 Å². The summed E-state index contributed by atoms with van der Waals surface area (Å²) in [6.07, 6.45) is 0.0746. The van der Waals surface area contributed by atoms with Gasteiger partial charge in [-0.3, -0.25) is 10.2 Å². The summed E-state index contributed by atoms with van der Waals surface area (Å²) in [4.78, 5) is 19.7. The highest BCUT2D eigenvalue weighted by Crippen LogP contribution is 2.45. The first kappa shape index (κ1) is 31.9. The lowest BCUT2D eigenvalue weighted by Crippen LogP contribution is -2.53. The number of fused-ring (bicyclic) bond motifs is 1. The van der Waals surface area contributed by atoms with E-state index in [0.717, 1.165) is 42.0 Å². The van der Waals surface area contributed by atoms with Crippen LogP contribution in [0.3, 0.4) is 0 Å². The Morgan fingerprint density at radius 3 is 2.33 bits per heavy atom. The Balaban J connectivity index is 1.37. The zero-order valence-electron chi connectivity index (χ0n) is 25.0. The van der Waals surface area contributed by atoms with Gasteiger partial charge < -0.3 is 14.6 Å². The number of ether oxygens (including phenoxy) is 2. The van der Waals surface area contributed by atoms with Crippen LogP contribution in [0.4, 0.5) is 0 Å². The molecule has 0 radical (unpaired) electrons. The van der Waals surface area contributed by atoms with Gasteiger partial charge in [0.2, 0.25) is 5.90 Å². The number of benzene rings is 5. The predicted octanol–water partition coefficient (Wildman–Crippen LogP) is 7.45. The number of hydrazine groups is 1. The van der Waals surface area contributed by atoms with Crippen molar-refractivity contribution in [2.45, 2.75) is 31.0 Å². The van der Waals surface area contributed by atoms with Gasteiger partial charge in [-0.1, -0.05) is 111 Å². The van der Waals surface area contributed by atoms with Crippen molar-refractivity contribution in [3.8, 4) is 5.75 Å². The Kier molecular flexibility index (Phi) is 10.1. The van der Waals surface area contributed by atoms with Gasteiger partial charge in [0.1, 0.15) is 5.75 Å². The zero-order valence-corrected chi connectivity index (χ0v) is 28.1. The Morgan fingerprint density at radius 2 is 1.54 bits per heavy atom. The predicted molar refractivity (Wildman–Crippen MR) is 188 cm³/mol. The summed E-state index contributed by atoms with van der Waals surface area (Å²) >= 11 is 7.40. The second-order valence-corrected chi connectivity index (χ2v) is 12.7. The second kappa shape index (κ2) is 14.6. The maximum atomic E-state index is 14.6. The van der Waals surface area contributed by atoms with Crippen molar-refractivity contribution in [3.05, 3.63) is 146 Å². The Morgan fingerprint density at radius 1 is 0.848 bits per heavy atom. The molecule has 234 valence electrons. The Labute approximate surface area is 284 Å². The molecular formula is C37H33Br2N3O4. The molecule has 0 spiro atoms. The molecule has 3 N–H and O–H groups in total. The van der Waals surface area contributed by atoms with Crippen molar-refractivity contribution >= 4 is 54.4 Å². The van der Waals surface area contributed by atoms with Crippen LogP contribution >= 0.6 is 31.9 Å². The minimum absolute atomic E-state index is 0.0671. The van der Waals surface area contributed by atoms with Crippen molar-refractivity contribution in [2.24, 2.45) is 4.99 Å². The average Bonchev–Trinajstić information content (AvgIpc) is 3.46. The highest BCUT2D eigenvalue weighted by atomic mass is 79.9. The maximum Gasteiger partial charge on any atom is 0.266 e. The van der Waals surface area contributed by atoms with Crippen LogP contribution in [0.15, 0.2) is 129 Å². The molecule has 1 heterocycles. The number of nitrogens with one attached hydrogen (secondary N) is 2. The molecule has 9 heteroatoms. The van der Waals surface area contributed by atoms with E-state index in [-0.39, 0.29) is 18.9 Å². The monoisotopic (exact) mass is 741 g/mol. The SMILES string of the molecule is O=C(NNCc1cccc2ccccc12)[C@@]1(Cc2ccccc2Br)N=C(c2ccc(OCCCO)cc2)O[C@H]1c1ccccc1Br. The van der Waals surface area contributed by atoms with Gasteiger partial charge in [0.15, 0.2) is 11.6 Å². The van der Waals surface area contributed by atoms with Gasteiger partial charge in [0.05, 0.1) is 6.61 Å². The van der Waals surface area contributed by atoms with E-state index in [1.165, 1.54) is 0 Å². The van der Waals surface area contributed by atoms with Crippen LogP contribution in [-0.2, 0) is 22.5 Å². The summed E-state index contributed by atoms with van der Waals surface area (Å²) < 4.78 is 14.1. The molecule has 1 amide bonds. The molecule has 0 saturated heterocycles. The van der Waals surface area contributed by atoms with Crippen LogP contribution in [0.2, 0.25) is 0 Å². The number of hydrogen-bond donors (Lipinski definition) is 3. The molecule has 5 aromatic rings. The standard InChI is InChI=1S/C37H33Br2N3O4/c38-32-15-5-2-10-27(32)23-37(36(44)42-40-24-28-12-7-11-25-9-1-3-13-30(25)28)34(31-14-4-6-16-33(31)39)46-35(41-37)26-17-19-29(20-18-26)45-22-8-21-43/h1-7,9-20,34,40,43H,8,21-24H2,(H,42,44)/t34-,37-/m0/s1. The molecule has 0 fully saturated rings. The van der Waals surface area contributed by atoms with E-state index in [0.29, 0.717) is 31.2 Å². The molecule has 5 aromatic carbocycles. The van der Waals surface area contributed by atoms with Gasteiger partial charge in [0, 0.05) is 46.1 Å². The van der Waals surface area contributed by atoms with E-state index in [9.17, 15) is 4.79 Å². The summed E-state index contributed by atoms with van der Waals surface area (Å²) in [7, 11) is 0. The largest absolute Gasteiger partial charge is 0.494 e. The number of hydrogen-bond acceptors (Lipinski definition) is 6. The first-order chi connectivity index (χ1) is 22.5. The van der Waals surface area contributed by atoms with Crippen LogP contribution in [0, 0.1) is 0 Å². The lowest BCUT2D eigenvalue weighted by Gasteiger charge is -2.31. The number of carbonyl (C=O) groups excluding carboxylic acids is 1. The van der Waals surface area contributed by atoms with E-state index in [1.807, 2.05) is 97.1 Å². The molecule has 46 heavy (non-hydrogen) atoms. The van der Waals surface area contributed by atoms with Gasteiger partial charge in [0.25, 0.3) is 5.91 Å². The van der Waals surface area contributed by atoms with E-state index in [2.05, 4.69) is 60.9 Å². The van der Waals surface area contributed by atoms with Crippen LogP contribution in [0.5, 0.6) is 5.75 Å². The van der Waals surface area contributed by atoms with Gasteiger partial charge in [-0.15, -0.1) is 0 Å². The normalized spacial score (nSPS) is 17.4.